The normalized spacial score (nSPS) is 10.6. The molecule has 0 aliphatic rings. The zero-order chi connectivity index (χ0) is 15.4. The number of carbonyl (C=O) groups excluding carboxylic acids is 1. The SMILES string of the molecule is O=C(CCc1nc(-c2ccsc2)no1)Nc1cccc(Br)c1. The third-order valence-electron chi connectivity index (χ3n) is 2.92. The lowest BCUT2D eigenvalue weighted by atomic mass is 10.2. The molecule has 0 saturated heterocycles. The number of amides is 1. The van der Waals surface area contributed by atoms with Crippen LogP contribution in [0.5, 0.6) is 0 Å². The Morgan fingerprint density at radius 3 is 3.05 bits per heavy atom. The molecule has 0 aliphatic carbocycles. The van der Waals surface area contributed by atoms with Crippen LogP contribution in [0.25, 0.3) is 11.4 Å². The Morgan fingerprint density at radius 1 is 1.36 bits per heavy atom. The average molecular weight is 378 g/mol. The zero-order valence-corrected chi connectivity index (χ0v) is 13.9. The van der Waals surface area contributed by atoms with Crippen molar-refractivity contribution in [3.8, 4) is 11.4 Å². The van der Waals surface area contributed by atoms with E-state index >= 15 is 0 Å². The molecule has 3 rings (SSSR count). The number of thiophene rings is 1. The second kappa shape index (κ2) is 6.85. The summed E-state index contributed by atoms with van der Waals surface area (Å²) in [6.45, 7) is 0. The number of halogens is 1. The molecule has 0 saturated carbocycles. The average Bonchev–Trinajstić information content (AvgIpc) is 3.16. The van der Waals surface area contributed by atoms with Gasteiger partial charge in [0.2, 0.25) is 17.6 Å². The van der Waals surface area contributed by atoms with Crippen LogP contribution in [0.2, 0.25) is 0 Å². The molecule has 0 radical (unpaired) electrons. The van der Waals surface area contributed by atoms with Gasteiger partial charge in [-0.15, -0.1) is 0 Å². The van der Waals surface area contributed by atoms with Crippen molar-refractivity contribution >= 4 is 38.9 Å². The van der Waals surface area contributed by atoms with Crippen molar-refractivity contribution in [3.63, 3.8) is 0 Å². The Labute approximate surface area is 139 Å². The molecule has 22 heavy (non-hydrogen) atoms. The van der Waals surface area contributed by atoms with E-state index in [0.29, 0.717) is 18.1 Å². The smallest absolute Gasteiger partial charge is 0.227 e. The van der Waals surface area contributed by atoms with Crippen molar-refractivity contribution in [1.29, 1.82) is 0 Å². The molecule has 0 aliphatic heterocycles. The number of benzene rings is 1. The van der Waals surface area contributed by atoms with Crippen LogP contribution in [-0.2, 0) is 11.2 Å². The number of hydrogen-bond acceptors (Lipinski definition) is 5. The minimum absolute atomic E-state index is 0.0895. The number of aryl methyl sites for hydroxylation is 1. The third kappa shape index (κ3) is 3.80. The van der Waals surface area contributed by atoms with Crippen LogP contribution in [0.15, 0.2) is 50.1 Å². The third-order valence-corrected chi connectivity index (χ3v) is 4.10. The number of hydrogen-bond donors (Lipinski definition) is 1. The Balaban J connectivity index is 1.55. The van der Waals surface area contributed by atoms with Crippen LogP contribution in [-0.4, -0.2) is 16.0 Å². The largest absolute Gasteiger partial charge is 0.339 e. The predicted octanol–water partition coefficient (Wildman–Crippen LogP) is 4.13. The van der Waals surface area contributed by atoms with Gasteiger partial charge in [-0.05, 0) is 29.6 Å². The zero-order valence-electron chi connectivity index (χ0n) is 11.5. The quantitative estimate of drug-likeness (QED) is 0.725. The minimum atomic E-state index is -0.0895. The van der Waals surface area contributed by atoms with E-state index in [-0.39, 0.29) is 12.3 Å². The summed E-state index contributed by atoms with van der Waals surface area (Å²) in [4.78, 5) is 16.2. The summed E-state index contributed by atoms with van der Waals surface area (Å²) in [5.74, 6) is 0.933. The molecule has 0 unspecified atom stereocenters. The molecule has 2 heterocycles. The van der Waals surface area contributed by atoms with Crippen molar-refractivity contribution in [1.82, 2.24) is 10.1 Å². The molecule has 112 valence electrons. The maximum Gasteiger partial charge on any atom is 0.227 e. The van der Waals surface area contributed by atoms with Gasteiger partial charge in [0.15, 0.2) is 0 Å². The first kappa shape index (κ1) is 14.9. The maximum absolute atomic E-state index is 11.9. The lowest BCUT2D eigenvalue weighted by Crippen LogP contribution is -2.12. The van der Waals surface area contributed by atoms with Gasteiger partial charge in [-0.25, -0.2) is 0 Å². The molecule has 1 N–H and O–H groups in total. The van der Waals surface area contributed by atoms with Gasteiger partial charge in [-0.3, -0.25) is 4.79 Å². The van der Waals surface area contributed by atoms with Gasteiger partial charge in [0, 0.05) is 33.9 Å². The lowest BCUT2D eigenvalue weighted by Gasteiger charge is -2.04. The monoisotopic (exact) mass is 377 g/mol. The van der Waals surface area contributed by atoms with Crippen molar-refractivity contribution < 1.29 is 9.32 Å². The summed E-state index contributed by atoms with van der Waals surface area (Å²) in [5, 5.41) is 10.7. The fourth-order valence-corrected chi connectivity index (χ4v) is 2.91. The van der Waals surface area contributed by atoms with Crippen molar-refractivity contribution in [3.05, 3.63) is 51.5 Å². The Bertz CT molecular complexity index is 771. The molecule has 2 aromatic heterocycles. The standard InChI is InChI=1S/C15H12BrN3O2S/c16-11-2-1-3-12(8-11)17-13(20)4-5-14-18-15(19-21-14)10-6-7-22-9-10/h1-3,6-9H,4-5H2,(H,17,20). The molecule has 1 aromatic carbocycles. The highest BCUT2D eigenvalue weighted by Crippen LogP contribution is 2.19. The van der Waals surface area contributed by atoms with E-state index in [4.69, 9.17) is 4.52 Å². The van der Waals surface area contributed by atoms with Gasteiger partial charge in [-0.2, -0.15) is 16.3 Å². The van der Waals surface area contributed by atoms with Crippen LogP contribution in [0.4, 0.5) is 5.69 Å². The highest BCUT2D eigenvalue weighted by atomic mass is 79.9. The molecule has 5 nitrogen and oxygen atoms in total. The number of anilines is 1. The van der Waals surface area contributed by atoms with Crippen LogP contribution in [0.1, 0.15) is 12.3 Å². The van der Waals surface area contributed by atoms with E-state index in [0.717, 1.165) is 15.7 Å². The highest BCUT2D eigenvalue weighted by molar-refractivity contribution is 9.10. The highest BCUT2D eigenvalue weighted by Gasteiger charge is 2.11. The number of carbonyl (C=O) groups is 1. The molecule has 0 spiro atoms. The fourth-order valence-electron chi connectivity index (χ4n) is 1.88. The van der Waals surface area contributed by atoms with E-state index in [2.05, 4.69) is 31.4 Å². The number of nitrogens with zero attached hydrogens (tertiary/aromatic N) is 2. The second-order valence-corrected chi connectivity index (χ2v) is 6.28. The van der Waals surface area contributed by atoms with E-state index in [1.54, 1.807) is 11.3 Å². The summed E-state index contributed by atoms with van der Waals surface area (Å²) in [6, 6.07) is 9.38. The van der Waals surface area contributed by atoms with E-state index in [9.17, 15) is 4.79 Å². The molecule has 0 atom stereocenters. The first-order chi connectivity index (χ1) is 10.7. The predicted molar refractivity (Wildman–Crippen MR) is 88.7 cm³/mol. The molecule has 0 bridgehead atoms. The van der Waals surface area contributed by atoms with E-state index in [1.807, 2.05) is 41.1 Å². The molecule has 1 amide bonds. The van der Waals surface area contributed by atoms with Gasteiger partial charge in [0.25, 0.3) is 0 Å². The Kier molecular flexibility index (Phi) is 4.65. The van der Waals surface area contributed by atoms with Gasteiger partial charge in [-0.1, -0.05) is 27.2 Å². The number of aromatic nitrogens is 2. The fraction of sp³-hybridized carbons (Fsp3) is 0.133. The summed E-state index contributed by atoms with van der Waals surface area (Å²) < 4.78 is 6.08. The minimum Gasteiger partial charge on any atom is -0.339 e. The van der Waals surface area contributed by atoms with Gasteiger partial charge in [0.1, 0.15) is 0 Å². The first-order valence-corrected chi connectivity index (χ1v) is 8.35. The van der Waals surface area contributed by atoms with Gasteiger partial charge < -0.3 is 9.84 Å². The second-order valence-electron chi connectivity index (χ2n) is 4.58. The van der Waals surface area contributed by atoms with Gasteiger partial charge in [0.05, 0.1) is 0 Å². The summed E-state index contributed by atoms with van der Waals surface area (Å²) in [5.41, 5.74) is 1.68. The van der Waals surface area contributed by atoms with Crippen LogP contribution in [0.3, 0.4) is 0 Å². The molecule has 0 fully saturated rings. The Morgan fingerprint density at radius 2 is 2.27 bits per heavy atom. The van der Waals surface area contributed by atoms with Crippen LogP contribution < -0.4 is 5.32 Å². The molecular weight excluding hydrogens is 366 g/mol. The van der Waals surface area contributed by atoms with Crippen molar-refractivity contribution in [2.45, 2.75) is 12.8 Å². The molecule has 7 heteroatoms. The van der Waals surface area contributed by atoms with Crippen molar-refractivity contribution in [2.24, 2.45) is 0 Å². The lowest BCUT2D eigenvalue weighted by molar-refractivity contribution is -0.116. The maximum atomic E-state index is 11.9. The van der Waals surface area contributed by atoms with Crippen LogP contribution in [0, 0.1) is 0 Å². The van der Waals surface area contributed by atoms with Crippen LogP contribution >= 0.6 is 27.3 Å². The number of rotatable bonds is 5. The van der Waals surface area contributed by atoms with Crippen molar-refractivity contribution in [2.75, 3.05) is 5.32 Å². The first-order valence-electron chi connectivity index (χ1n) is 6.61. The topological polar surface area (TPSA) is 68.0 Å². The summed E-state index contributed by atoms with van der Waals surface area (Å²) in [7, 11) is 0. The molecular formula is C15H12BrN3O2S. The number of nitrogens with one attached hydrogen (secondary N) is 1. The summed E-state index contributed by atoms with van der Waals surface area (Å²) >= 11 is 4.94. The summed E-state index contributed by atoms with van der Waals surface area (Å²) in [6.07, 6.45) is 0.703. The van der Waals surface area contributed by atoms with Gasteiger partial charge >= 0.3 is 0 Å². The van der Waals surface area contributed by atoms with E-state index < -0.39 is 0 Å². The Hall–Kier alpha value is -1.99. The molecule has 3 aromatic rings. The van der Waals surface area contributed by atoms with E-state index in [1.165, 1.54) is 0 Å².